The molecule has 0 bridgehead atoms. The average Bonchev–Trinajstić information content (AvgIpc) is 2.75. The topological polar surface area (TPSA) is 78.9 Å². The predicted molar refractivity (Wildman–Crippen MR) is 65.0 cm³/mol. The van der Waals surface area contributed by atoms with E-state index in [1.807, 2.05) is 6.92 Å². The molecular weight excluding hydrogens is 244 g/mol. The number of thioether (sulfide) groups is 1. The van der Waals surface area contributed by atoms with Crippen LogP contribution in [0.5, 0.6) is 0 Å². The second-order valence-electron chi connectivity index (χ2n) is 4.07. The van der Waals surface area contributed by atoms with Crippen LogP contribution in [0.2, 0.25) is 0 Å². The highest BCUT2D eigenvalue weighted by atomic mass is 32.2. The molecule has 0 radical (unpaired) electrons. The molecule has 0 spiro atoms. The lowest BCUT2D eigenvalue weighted by atomic mass is 10.2. The standard InChI is InChI=1S/C10H18N2O4S/c1-7(4-16-2)3-11-10(15)12-6-17-5-8(12)9(13)14/h7-8H,3-6H2,1-2H3,(H,11,15)(H,13,14)/t7?,8-/m0/s1. The molecule has 2 N–H and O–H groups in total. The van der Waals surface area contributed by atoms with Gasteiger partial charge >= 0.3 is 12.0 Å². The van der Waals surface area contributed by atoms with Gasteiger partial charge in [0.15, 0.2) is 0 Å². The lowest BCUT2D eigenvalue weighted by Crippen LogP contribution is -2.47. The first-order chi connectivity index (χ1) is 8.06. The SMILES string of the molecule is COCC(C)CNC(=O)N1CSC[C@H]1C(=O)O. The molecular formula is C10H18N2O4S. The summed E-state index contributed by atoms with van der Waals surface area (Å²) in [7, 11) is 1.61. The van der Waals surface area contributed by atoms with E-state index in [0.717, 1.165) is 0 Å². The van der Waals surface area contributed by atoms with Crippen LogP contribution in [0.4, 0.5) is 4.79 Å². The zero-order chi connectivity index (χ0) is 12.8. The lowest BCUT2D eigenvalue weighted by Gasteiger charge is -2.22. The minimum absolute atomic E-state index is 0.211. The van der Waals surface area contributed by atoms with Crippen LogP contribution in [0.1, 0.15) is 6.92 Å². The average molecular weight is 262 g/mol. The number of nitrogens with one attached hydrogen (secondary N) is 1. The largest absolute Gasteiger partial charge is 0.480 e. The van der Waals surface area contributed by atoms with Gasteiger partial charge < -0.3 is 20.1 Å². The van der Waals surface area contributed by atoms with E-state index in [-0.39, 0.29) is 11.9 Å². The predicted octanol–water partition coefficient (Wildman–Crippen LogP) is 0.438. The maximum Gasteiger partial charge on any atom is 0.327 e. The van der Waals surface area contributed by atoms with Crippen molar-refractivity contribution in [2.24, 2.45) is 5.92 Å². The van der Waals surface area contributed by atoms with Gasteiger partial charge in [0.2, 0.25) is 0 Å². The Kier molecular flexibility index (Phi) is 5.57. The summed E-state index contributed by atoms with van der Waals surface area (Å²) < 4.78 is 4.96. The monoisotopic (exact) mass is 262 g/mol. The third kappa shape index (κ3) is 4.08. The van der Waals surface area contributed by atoms with Crippen molar-refractivity contribution in [3.63, 3.8) is 0 Å². The van der Waals surface area contributed by atoms with Crippen LogP contribution in [0.15, 0.2) is 0 Å². The Labute approximate surface area is 105 Å². The summed E-state index contributed by atoms with van der Waals surface area (Å²) in [6.07, 6.45) is 0. The fraction of sp³-hybridized carbons (Fsp3) is 0.800. The number of ether oxygens (including phenoxy) is 1. The van der Waals surface area contributed by atoms with E-state index in [1.165, 1.54) is 16.7 Å². The maximum atomic E-state index is 11.8. The van der Waals surface area contributed by atoms with Crippen LogP contribution >= 0.6 is 11.8 Å². The number of carboxylic acids is 1. The third-order valence-electron chi connectivity index (χ3n) is 2.48. The van der Waals surface area contributed by atoms with Gasteiger partial charge in [-0.3, -0.25) is 0 Å². The van der Waals surface area contributed by atoms with Gasteiger partial charge in [0, 0.05) is 19.4 Å². The highest BCUT2D eigenvalue weighted by molar-refractivity contribution is 7.99. The first-order valence-corrected chi connectivity index (χ1v) is 6.55. The van der Waals surface area contributed by atoms with Crippen LogP contribution in [0.25, 0.3) is 0 Å². The Morgan fingerprint density at radius 3 is 2.94 bits per heavy atom. The highest BCUT2D eigenvalue weighted by Gasteiger charge is 2.34. The molecule has 98 valence electrons. The van der Waals surface area contributed by atoms with E-state index in [1.54, 1.807) is 7.11 Å². The maximum absolute atomic E-state index is 11.8. The number of hydrogen-bond acceptors (Lipinski definition) is 4. The number of amides is 2. The second-order valence-corrected chi connectivity index (χ2v) is 5.07. The number of methoxy groups -OCH3 is 1. The van der Waals surface area contributed by atoms with Gasteiger partial charge in [-0.2, -0.15) is 0 Å². The van der Waals surface area contributed by atoms with Crippen molar-refractivity contribution in [2.45, 2.75) is 13.0 Å². The summed E-state index contributed by atoms with van der Waals surface area (Å²) in [5, 5.41) is 11.7. The van der Waals surface area contributed by atoms with Gasteiger partial charge in [0.25, 0.3) is 0 Å². The summed E-state index contributed by atoms with van der Waals surface area (Å²) in [4.78, 5) is 24.0. The lowest BCUT2D eigenvalue weighted by molar-refractivity contribution is -0.140. The number of urea groups is 1. The molecule has 17 heavy (non-hydrogen) atoms. The number of rotatable bonds is 5. The molecule has 1 saturated heterocycles. The van der Waals surface area contributed by atoms with E-state index >= 15 is 0 Å². The van der Waals surface area contributed by atoms with Crippen molar-refractivity contribution in [3.05, 3.63) is 0 Å². The first-order valence-electron chi connectivity index (χ1n) is 5.40. The normalized spacial score (nSPS) is 21.3. The molecule has 1 heterocycles. The van der Waals surface area contributed by atoms with Crippen LogP contribution in [0, 0.1) is 5.92 Å². The number of carboxylic acid groups (broad SMARTS) is 1. The summed E-state index contributed by atoms with van der Waals surface area (Å²) in [5.41, 5.74) is 0. The number of aliphatic carboxylic acids is 1. The molecule has 1 fully saturated rings. The van der Waals surface area contributed by atoms with E-state index in [4.69, 9.17) is 9.84 Å². The molecule has 0 aromatic carbocycles. The van der Waals surface area contributed by atoms with Gasteiger partial charge in [0.1, 0.15) is 6.04 Å². The van der Waals surface area contributed by atoms with Gasteiger partial charge in [-0.05, 0) is 5.92 Å². The van der Waals surface area contributed by atoms with Crippen LogP contribution in [-0.4, -0.2) is 59.9 Å². The minimum atomic E-state index is -0.949. The van der Waals surface area contributed by atoms with E-state index in [9.17, 15) is 9.59 Å². The van der Waals surface area contributed by atoms with Crippen molar-refractivity contribution in [1.82, 2.24) is 10.2 Å². The van der Waals surface area contributed by atoms with Crippen molar-refractivity contribution < 1.29 is 19.4 Å². The van der Waals surface area contributed by atoms with E-state index in [0.29, 0.717) is 24.8 Å². The van der Waals surface area contributed by atoms with Crippen molar-refractivity contribution in [3.8, 4) is 0 Å². The molecule has 2 amide bonds. The summed E-state index contributed by atoms with van der Waals surface area (Å²) in [5.74, 6) is 0.148. The van der Waals surface area contributed by atoms with Crippen molar-refractivity contribution in [2.75, 3.05) is 31.9 Å². The Morgan fingerprint density at radius 1 is 1.65 bits per heavy atom. The Hall–Kier alpha value is -0.950. The Morgan fingerprint density at radius 2 is 2.35 bits per heavy atom. The number of hydrogen-bond donors (Lipinski definition) is 2. The first kappa shape index (κ1) is 14.1. The smallest absolute Gasteiger partial charge is 0.327 e. The highest BCUT2D eigenvalue weighted by Crippen LogP contribution is 2.20. The van der Waals surface area contributed by atoms with Gasteiger partial charge in [-0.15, -0.1) is 11.8 Å². The summed E-state index contributed by atoms with van der Waals surface area (Å²) >= 11 is 1.45. The number of carbonyl (C=O) groups excluding carboxylic acids is 1. The molecule has 0 saturated carbocycles. The van der Waals surface area contributed by atoms with Crippen LogP contribution < -0.4 is 5.32 Å². The molecule has 0 aromatic heterocycles. The number of carbonyl (C=O) groups is 2. The molecule has 1 unspecified atom stereocenters. The molecule has 1 rings (SSSR count). The zero-order valence-electron chi connectivity index (χ0n) is 10.0. The summed E-state index contributed by atoms with van der Waals surface area (Å²) in [6, 6.07) is -1.02. The third-order valence-corrected chi connectivity index (χ3v) is 3.49. The molecule has 6 nitrogen and oxygen atoms in total. The fourth-order valence-electron chi connectivity index (χ4n) is 1.55. The van der Waals surface area contributed by atoms with E-state index < -0.39 is 12.0 Å². The molecule has 7 heteroatoms. The number of nitrogens with zero attached hydrogens (tertiary/aromatic N) is 1. The molecule has 1 aliphatic rings. The molecule has 0 aliphatic carbocycles. The Balaban J connectivity index is 2.39. The zero-order valence-corrected chi connectivity index (χ0v) is 10.8. The van der Waals surface area contributed by atoms with E-state index in [2.05, 4.69) is 5.32 Å². The van der Waals surface area contributed by atoms with Crippen LogP contribution in [0.3, 0.4) is 0 Å². The van der Waals surface area contributed by atoms with Gasteiger partial charge in [-0.1, -0.05) is 6.92 Å². The molecule has 1 aliphatic heterocycles. The van der Waals surface area contributed by atoms with Crippen molar-refractivity contribution in [1.29, 1.82) is 0 Å². The molecule has 2 atom stereocenters. The quantitative estimate of drug-likeness (QED) is 0.751. The van der Waals surface area contributed by atoms with Crippen molar-refractivity contribution >= 4 is 23.8 Å². The summed E-state index contributed by atoms with van der Waals surface area (Å²) in [6.45, 7) is 3.01. The van der Waals surface area contributed by atoms with Gasteiger partial charge in [-0.25, -0.2) is 9.59 Å². The Bertz CT molecular complexity index is 287. The van der Waals surface area contributed by atoms with Crippen LogP contribution in [-0.2, 0) is 9.53 Å². The minimum Gasteiger partial charge on any atom is -0.480 e. The second kappa shape index (κ2) is 6.70. The fourth-order valence-corrected chi connectivity index (χ4v) is 2.70. The molecule has 0 aromatic rings. The van der Waals surface area contributed by atoms with Gasteiger partial charge in [0.05, 0.1) is 12.5 Å².